The highest BCUT2D eigenvalue weighted by atomic mass is 35.5. The van der Waals surface area contributed by atoms with Gasteiger partial charge in [-0.2, -0.15) is 0 Å². The van der Waals surface area contributed by atoms with E-state index < -0.39 is 5.97 Å². The number of hydrogen-bond donors (Lipinski definition) is 1. The van der Waals surface area contributed by atoms with E-state index in [1.54, 1.807) is 24.3 Å². The van der Waals surface area contributed by atoms with Gasteiger partial charge in [0.2, 0.25) is 0 Å². The fraction of sp³-hybridized carbons (Fsp3) is 0.182. The first-order valence-corrected chi connectivity index (χ1v) is 4.72. The summed E-state index contributed by atoms with van der Waals surface area (Å²) in [6.45, 7) is 3.71. The van der Waals surface area contributed by atoms with Gasteiger partial charge in [0.25, 0.3) is 0 Å². The Morgan fingerprint density at radius 2 is 2.27 bits per heavy atom. The molecule has 0 saturated carbocycles. The smallest absolute Gasteiger partial charge is 0.307 e. The fourth-order valence-electron chi connectivity index (χ4n) is 1.08. The van der Waals surface area contributed by atoms with Gasteiger partial charge in [-0.1, -0.05) is 30.3 Å². The zero-order valence-corrected chi connectivity index (χ0v) is 8.83. The van der Waals surface area contributed by atoms with Crippen LogP contribution in [0.4, 0.5) is 0 Å². The Balaban J connectivity index is 2.65. The molecule has 3 nitrogen and oxygen atoms in total. The van der Waals surface area contributed by atoms with E-state index in [1.165, 1.54) is 0 Å². The molecule has 1 aromatic carbocycles. The Bertz CT molecular complexity index is 374. The standard InChI is InChI=1S/C11H11ClO3/c1-8(12)7-15-10-4-2-3-9(5-10)6-11(13)14/h2-5H,1,6-7H2,(H,13,14). The molecular weight excluding hydrogens is 216 g/mol. The lowest BCUT2D eigenvalue weighted by atomic mass is 10.1. The Morgan fingerprint density at radius 3 is 2.87 bits per heavy atom. The largest absolute Gasteiger partial charge is 0.488 e. The minimum Gasteiger partial charge on any atom is -0.488 e. The van der Waals surface area contributed by atoms with Gasteiger partial charge in [0, 0.05) is 5.03 Å². The lowest BCUT2D eigenvalue weighted by Gasteiger charge is -2.05. The van der Waals surface area contributed by atoms with Crippen molar-refractivity contribution in [1.82, 2.24) is 0 Å². The van der Waals surface area contributed by atoms with Crippen molar-refractivity contribution in [2.75, 3.05) is 6.61 Å². The number of hydrogen-bond acceptors (Lipinski definition) is 2. The lowest BCUT2D eigenvalue weighted by Crippen LogP contribution is -2.01. The molecule has 0 aliphatic rings. The number of aliphatic carboxylic acids is 1. The molecule has 1 N–H and O–H groups in total. The Morgan fingerprint density at radius 1 is 1.53 bits per heavy atom. The lowest BCUT2D eigenvalue weighted by molar-refractivity contribution is -0.136. The molecule has 0 amide bonds. The molecule has 15 heavy (non-hydrogen) atoms. The second-order valence-electron chi connectivity index (χ2n) is 3.02. The summed E-state index contributed by atoms with van der Waals surface area (Å²) in [5.74, 6) is -0.274. The van der Waals surface area contributed by atoms with Gasteiger partial charge in [0.1, 0.15) is 12.4 Å². The van der Waals surface area contributed by atoms with E-state index in [1.807, 2.05) is 0 Å². The number of ether oxygens (including phenoxy) is 1. The van der Waals surface area contributed by atoms with E-state index >= 15 is 0 Å². The summed E-state index contributed by atoms with van der Waals surface area (Å²) in [5, 5.41) is 9.00. The summed E-state index contributed by atoms with van der Waals surface area (Å²) < 4.78 is 5.27. The summed E-state index contributed by atoms with van der Waals surface area (Å²) in [6, 6.07) is 6.89. The Labute approximate surface area is 92.9 Å². The van der Waals surface area contributed by atoms with Gasteiger partial charge in [0.15, 0.2) is 0 Å². The fourth-order valence-corrected chi connectivity index (χ4v) is 1.14. The van der Waals surface area contributed by atoms with Gasteiger partial charge in [-0.3, -0.25) is 4.79 Å². The predicted octanol–water partition coefficient (Wildman–Crippen LogP) is 2.45. The van der Waals surface area contributed by atoms with E-state index in [2.05, 4.69) is 6.58 Å². The van der Waals surface area contributed by atoms with Crippen LogP contribution in [0.2, 0.25) is 0 Å². The molecule has 0 aliphatic heterocycles. The monoisotopic (exact) mass is 226 g/mol. The van der Waals surface area contributed by atoms with Crippen molar-refractivity contribution in [3.63, 3.8) is 0 Å². The number of carboxylic acid groups (broad SMARTS) is 1. The SMILES string of the molecule is C=C(Cl)COc1cccc(CC(=O)O)c1. The van der Waals surface area contributed by atoms with Crippen molar-refractivity contribution < 1.29 is 14.6 Å². The van der Waals surface area contributed by atoms with Crippen LogP contribution >= 0.6 is 11.6 Å². The maximum Gasteiger partial charge on any atom is 0.307 e. The second-order valence-corrected chi connectivity index (χ2v) is 3.56. The van der Waals surface area contributed by atoms with Crippen LogP contribution in [0.5, 0.6) is 5.75 Å². The summed E-state index contributed by atoms with van der Waals surface area (Å²) in [5.41, 5.74) is 0.695. The highest BCUT2D eigenvalue weighted by Gasteiger charge is 2.02. The molecule has 0 aromatic heterocycles. The van der Waals surface area contributed by atoms with Gasteiger partial charge in [-0.05, 0) is 17.7 Å². The third kappa shape index (κ3) is 4.51. The molecule has 0 unspecified atom stereocenters. The van der Waals surface area contributed by atoms with Crippen molar-refractivity contribution in [3.05, 3.63) is 41.4 Å². The van der Waals surface area contributed by atoms with Gasteiger partial charge >= 0.3 is 5.97 Å². The van der Waals surface area contributed by atoms with Gasteiger partial charge in [-0.15, -0.1) is 0 Å². The minimum atomic E-state index is -0.867. The molecule has 0 bridgehead atoms. The zero-order valence-electron chi connectivity index (χ0n) is 8.07. The molecule has 0 spiro atoms. The average Bonchev–Trinajstić information content (AvgIpc) is 2.14. The minimum absolute atomic E-state index is 0.0149. The maximum absolute atomic E-state index is 10.5. The van der Waals surface area contributed by atoms with Crippen LogP contribution in [0.1, 0.15) is 5.56 Å². The van der Waals surface area contributed by atoms with Crippen LogP contribution in [0.25, 0.3) is 0 Å². The quantitative estimate of drug-likeness (QED) is 0.839. The highest BCUT2D eigenvalue weighted by Crippen LogP contribution is 2.15. The third-order valence-corrected chi connectivity index (χ3v) is 1.76. The van der Waals surface area contributed by atoms with Crippen molar-refractivity contribution in [2.45, 2.75) is 6.42 Å². The van der Waals surface area contributed by atoms with E-state index in [0.717, 1.165) is 0 Å². The van der Waals surface area contributed by atoms with E-state index in [0.29, 0.717) is 16.3 Å². The van der Waals surface area contributed by atoms with E-state index in [9.17, 15) is 4.79 Å². The molecule has 0 heterocycles. The molecule has 0 atom stereocenters. The van der Waals surface area contributed by atoms with Crippen molar-refractivity contribution >= 4 is 17.6 Å². The molecule has 0 radical (unpaired) electrons. The van der Waals surface area contributed by atoms with Gasteiger partial charge in [0.05, 0.1) is 6.42 Å². The average molecular weight is 227 g/mol. The number of carbonyl (C=O) groups is 1. The molecular formula is C11H11ClO3. The molecule has 4 heteroatoms. The Kier molecular flexibility index (Phi) is 4.18. The second kappa shape index (κ2) is 5.41. The van der Waals surface area contributed by atoms with Crippen molar-refractivity contribution in [2.24, 2.45) is 0 Å². The maximum atomic E-state index is 10.5. The van der Waals surface area contributed by atoms with E-state index in [4.69, 9.17) is 21.4 Å². The van der Waals surface area contributed by atoms with Crippen LogP contribution in [0.15, 0.2) is 35.9 Å². The van der Waals surface area contributed by atoms with E-state index in [-0.39, 0.29) is 13.0 Å². The summed E-state index contributed by atoms with van der Waals surface area (Å²) in [7, 11) is 0. The normalized spacial score (nSPS) is 9.67. The first-order valence-electron chi connectivity index (χ1n) is 4.35. The summed E-state index contributed by atoms with van der Waals surface area (Å²) in [6.07, 6.45) is -0.0149. The Hall–Kier alpha value is -1.48. The first kappa shape index (κ1) is 11.6. The van der Waals surface area contributed by atoms with Crippen LogP contribution in [0.3, 0.4) is 0 Å². The zero-order chi connectivity index (χ0) is 11.3. The molecule has 1 aromatic rings. The molecule has 0 fully saturated rings. The molecule has 80 valence electrons. The van der Waals surface area contributed by atoms with Crippen LogP contribution in [0, 0.1) is 0 Å². The van der Waals surface area contributed by atoms with Crippen LogP contribution < -0.4 is 4.74 Å². The molecule has 1 rings (SSSR count). The molecule has 0 saturated heterocycles. The van der Waals surface area contributed by atoms with Gasteiger partial charge in [-0.25, -0.2) is 0 Å². The predicted molar refractivity (Wildman–Crippen MR) is 58.3 cm³/mol. The van der Waals surface area contributed by atoms with Crippen molar-refractivity contribution in [1.29, 1.82) is 0 Å². The first-order chi connectivity index (χ1) is 7.08. The number of benzene rings is 1. The summed E-state index contributed by atoms with van der Waals surface area (Å²) in [4.78, 5) is 10.5. The molecule has 0 aliphatic carbocycles. The topological polar surface area (TPSA) is 46.5 Å². The number of halogens is 1. The number of rotatable bonds is 5. The van der Waals surface area contributed by atoms with Crippen molar-refractivity contribution in [3.8, 4) is 5.75 Å². The van der Waals surface area contributed by atoms with Crippen LogP contribution in [-0.2, 0) is 11.2 Å². The summed E-state index contributed by atoms with van der Waals surface area (Å²) >= 11 is 5.54. The third-order valence-electron chi connectivity index (χ3n) is 1.65. The highest BCUT2D eigenvalue weighted by molar-refractivity contribution is 6.29. The number of carboxylic acids is 1. The van der Waals surface area contributed by atoms with Crippen LogP contribution in [-0.4, -0.2) is 17.7 Å². The van der Waals surface area contributed by atoms with Gasteiger partial charge < -0.3 is 9.84 Å².